The zero-order valence-corrected chi connectivity index (χ0v) is 17.8. The molecule has 0 fully saturated rings. The van der Waals surface area contributed by atoms with Gasteiger partial charge in [-0.25, -0.2) is 13.6 Å². The van der Waals surface area contributed by atoms with Crippen molar-refractivity contribution in [3.05, 3.63) is 93.8 Å². The molecule has 0 radical (unpaired) electrons. The van der Waals surface area contributed by atoms with Crippen molar-refractivity contribution in [2.24, 2.45) is 5.10 Å². The average Bonchev–Trinajstić information content (AvgIpc) is 2.81. The molecule has 0 saturated carbocycles. The number of rotatable bonds is 6. The summed E-state index contributed by atoms with van der Waals surface area (Å²) in [6.07, 6.45) is 2.44. The maximum atomic E-state index is 14.8. The number of hydrogen-bond acceptors (Lipinski definition) is 6. The molecule has 4 N–H and O–H groups in total. The number of carbonyl (C=O) groups is 1. The minimum Gasteiger partial charge on any atom is -0.497 e. The summed E-state index contributed by atoms with van der Waals surface area (Å²) >= 11 is 0. The van der Waals surface area contributed by atoms with Crippen LogP contribution in [0, 0.1) is 11.6 Å². The van der Waals surface area contributed by atoms with Crippen LogP contribution in [0.2, 0.25) is 0 Å². The Morgan fingerprint density at radius 2 is 1.85 bits per heavy atom. The molecule has 8 nitrogen and oxygen atoms in total. The summed E-state index contributed by atoms with van der Waals surface area (Å²) in [6.45, 7) is 0. The SMILES string of the molecule is COc1ccc(/C=N/Nc2cc3c(cc2F)c(=O)c(C(=O)O)cn3-c2ccc(N)cc2F)cc1. The number of carboxylic acid groups (broad SMARTS) is 1. The van der Waals surface area contributed by atoms with Crippen LogP contribution in [0.25, 0.3) is 16.6 Å². The zero-order chi connectivity index (χ0) is 24.4. The third-order valence-corrected chi connectivity index (χ3v) is 5.07. The lowest BCUT2D eigenvalue weighted by molar-refractivity contribution is 0.0695. The molecule has 4 aromatic rings. The molecule has 1 heterocycles. The molecule has 0 unspecified atom stereocenters. The second-order valence-electron chi connectivity index (χ2n) is 7.25. The smallest absolute Gasteiger partial charge is 0.341 e. The normalized spacial score (nSPS) is 11.1. The van der Waals surface area contributed by atoms with Crippen molar-refractivity contribution in [1.29, 1.82) is 0 Å². The first kappa shape index (κ1) is 22.5. The summed E-state index contributed by atoms with van der Waals surface area (Å²) in [5, 5.41) is 13.2. The van der Waals surface area contributed by atoms with E-state index in [1.54, 1.807) is 31.4 Å². The average molecular weight is 464 g/mol. The van der Waals surface area contributed by atoms with E-state index in [9.17, 15) is 23.5 Å². The van der Waals surface area contributed by atoms with E-state index < -0.39 is 28.6 Å². The van der Waals surface area contributed by atoms with Gasteiger partial charge in [0, 0.05) is 17.3 Å². The number of nitrogen functional groups attached to an aromatic ring is 1. The number of methoxy groups -OCH3 is 1. The van der Waals surface area contributed by atoms with Crippen LogP contribution in [0.1, 0.15) is 15.9 Å². The minimum absolute atomic E-state index is 0.0685. The Labute approximate surface area is 191 Å². The maximum Gasteiger partial charge on any atom is 0.341 e. The number of nitrogens with one attached hydrogen (secondary N) is 1. The summed E-state index contributed by atoms with van der Waals surface area (Å²) in [5.74, 6) is -2.46. The van der Waals surface area contributed by atoms with Gasteiger partial charge >= 0.3 is 5.97 Å². The first-order valence-corrected chi connectivity index (χ1v) is 9.89. The fraction of sp³-hybridized carbons (Fsp3) is 0.0417. The molecule has 34 heavy (non-hydrogen) atoms. The standard InChI is InChI=1S/C24H18F2N4O4/c1-34-15-5-2-13(3-6-15)11-28-29-20-10-22-16(9-18(20)25)23(31)17(24(32)33)12-30(22)21-7-4-14(27)8-19(21)26/h2-12,29H,27H2,1H3,(H,32,33)/b28-11+. The van der Waals surface area contributed by atoms with Crippen molar-refractivity contribution in [2.45, 2.75) is 0 Å². The van der Waals surface area contributed by atoms with Gasteiger partial charge in [-0.3, -0.25) is 10.2 Å². The Morgan fingerprint density at radius 1 is 1.12 bits per heavy atom. The number of nitrogens with two attached hydrogens (primary N) is 1. The molecule has 0 atom stereocenters. The zero-order valence-electron chi connectivity index (χ0n) is 17.8. The second-order valence-corrected chi connectivity index (χ2v) is 7.25. The first-order chi connectivity index (χ1) is 16.3. The van der Waals surface area contributed by atoms with Crippen molar-refractivity contribution in [3.8, 4) is 11.4 Å². The summed E-state index contributed by atoms with van der Waals surface area (Å²) in [5.41, 5.74) is 7.39. The fourth-order valence-electron chi connectivity index (χ4n) is 3.37. The van der Waals surface area contributed by atoms with Crippen molar-refractivity contribution in [1.82, 2.24) is 4.57 Å². The number of anilines is 2. The Hall–Kier alpha value is -4.73. The van der Waals surface area contributed by atoms with Gasteiger partial charge in [-0.15, -0.1) is 0 Å². The lowest BCUT2D eigenvalue weighted by atomic mass is 10.1. The maximum absolute atomic E-state index is 14.8. The summed E-state index contributed by atoms with van der Waals surface area (Å²) in [4.78, 5) is 24.3. The van der Waals surface area contributed by atoms with Crippen molar-refractivity contribution in [2.75, 3.05) is 18.3 Å². The van der Waals surface area contributed by atoms with Crippen LogP contribution in [-0.4, -0.2) is 29.0 Å². The molecule has 0 aliphatic carbocycles. The third kappa shape index (κ3) is 4.29. The van der Waals surface area contributed by atoms with E-state index in [0.29, 0.717) is 11.3 Å². The van der Waals surface area contributed by atoms with Crippen LogP contribution < -0.4 is 21.3 Å². The molecule has 3 aromatic carbocycles. The molecule has 0 amide bonds. The monoisotopic (exact) mass is 464 g/mol. The number of hydrazone groups is 1. The van der Waals surface area contributed by atoms with Crippen LogP contribution in [-0.2, 0) is 0 Å². The molecule has 0 aliphatic rings. The van der Waals surface area contributed by atoms with Gasteiger partial charge in [-0.2, -0.15) is 5.10 Å². The molecular formula is C24H18F2N4O4. The van der Waals surface area contributed by atoms with Crippen molar-refractivity contribution >= 4 is 34.5 Å². The molecule has 4 rings (SSSR count). The molecule has 0 saturated heterocycles. The lowest BCUT2D eigenvalue weighted by Crippen LogP contribution is -2.19. The van der Waals surface area contributed by atoms with Crippen molar-refractivity contribution in [3.63, 3.8) is 0 Å². The van der Waals surface area contributed by atoms with Gasteiger partial charge in [0.15, 0.2) is 0 Å². The van der Waals surface area contributed by atoms with Gasteiger partial charge in [0.05, 0.1) is 30.2 Å². The van der Waals surface area contributed by atoms with E-state index >= 15 is 0 Å². The van der Waals surface area contributed by atoms with Crippen LogP contribution >= 0.6 is 0 Å². The van der Waals surface area contributed by atoms with Crippen LogP contribution in [0.3, 0.4) is 0 Å². The van der Waals surface area contributed by atoms with Gasteiger partial charge in [-0.05, 0) is 60.2 Å². The van der Waals surface area contributed by atoms with E-state index in [1.807, 2.05) is 0 Å². The van der Waals surface area contributed by atoms with Gasteiger partial charge < -0.3 is 20.1 Å². The molecule has 0 bridgehead atoms. The predicted octanol–water partition coefficient (Wildman–Crippen LogP) is 4.00. The summed E-state index contributed by atoms with van der Waals surface area (Å²) in [7, 11) is 1.54. The molecule has 1 aromatic heterocycles. The van der Waals surface area contributed by atoms with E-state index in [1.165, 1.54) is 24.4 Å². The van der Waals surface area contributed by atoms with Gasteiger partial charge in [0.25, 0.3) is 0 Å². The minimum atomic E-state index is -1.52. The number of ether oxygens (including phenoxy) is 1. The number of pyridine rings is 1. The quantitative estimate of drug-likeness (QED) is 0.225. The summed E-state index contributed by atoms with van der Waals surface area (Å²) in [6, 6.07) is 12.9. The first-order valence-electron chi connectivity index (χ1n) is 9.89. The number of fused-ring (bicyclic) bond motifs is 1. The van der Waals surface area contributed by atoms with Gasteiger partial charge in [0.2, 0.25) is 5.43 Å². The van der Waals surface area contributed by atoms with Gasteiger partial charge in [0.1, 0.15) is 22.9 Å². The number of benzene rings is 3. The highest BCUT2D eigenvalue weighted by atomic mass is 19.1. The van der Waals surface area contributed by atoms with E-state index in [0.717, 1.165) is 22.9 Å². The van der Waals surface area contributed by atoms with E-state index in [2.05, 4.69) is 10.5 Å². The largest absolute Gasteiger partial charge is 0.497 e. The number of halogens is 2. The Bertz CT molecular complexity index is 1500. The summed E-state index contributed by atoms with van der Waals surface area (Å²) < 4.78 is 35.7. The van der Waals surface area contributed by atoms with Gasteiger partial charge in [-0.1, -0.05) is 0 Å². The lowest BCUT2D eigenvalue weighted by Gasteiger charge is -2.15. The fourth-order valence-corrected chi connectivity index (χ4v) is 3.37. The van der Waals surface area contributed by atoms with Crippen LogP contribution in [0.15, 0.2) is 70.7 Å². The molecule has 172 valence electrons. The number of hydrogen-bond donors (Lipinski definition) is 3. The molecular weight excluding hydrogens is 446 g/mol. The topological polar surface area (TPSA) is 119 Å². The Morgan fingerprint density at radius 3 is 2.50 bits per heavy atom. The Balaban J connectivity index is 1.83. The molecule has 0 aliphatic heterocycles. The Kier molecular flexibility index (Phi) is 5.96. The number of aromatic nitrogens is 1. The highest BCUT2D eigenvalue weighted by Gasteiger charge is 2.19. The third-order valence-electron chi connectivity index (χ3n) is 5.07. The molecule has 10 heteroatoms. The number of nitrogens with zero attached hydrogens (tertiary/aromatic N) is 2. The highest BCUT2D eigenvalue weighted by Crippen LogP contribution is 2.26. The van der Waals surface area contributed by atoms with E-state index in [-0.39, 0.29) is 28.0 Å². The second kappa shape index (κ2) is 9.02. The van der Waals surface area contributed by atoms with Crippen molar-refractivity contribution < 1.29 is 23.4 Å². The highest BCUT2D eigenvalue weighted by molar-refractivity contribution is 5.94. The van der Waals surface area contributed by atoms with E-state index in [4.69, 9.17) is 10.5 Å². The number of aromatic carboxylic acids is 1. The van der Waals surface area contributed by atoms with Crippen LogP contribution in [0.5, 0.6) is 5.75 Å². The van der Waals surface area contributed by atoms with Crippen LogP contribution in [0.4, 0.5) is 20.2 Å². The number of carboxylic acids is 1. The predicted molar refractivity (Wildman–Crippen MR) is 125 cm³/mol. The molecule has 0 spiro atoms.